The molecule has 58 valence electrons. The molecular formula is C9H12N2. The Morgan fingerprint density at radius 2 is 2.09 bits per heavy atom. The van der Waals surface area contributed by atoms with Crippen LogP contribution in [0.4, 0.5) is 5.69 Å². The summed E-state index contributed by atoms with van der Waals surface area (Å²) in [5.41, 5.74) is 7.95. The summed E-state index contributed by atoms with van der Waals surface area (Å²) in [7, 11) is 0. The second kappa shape index (κ2) is 2.55. The summed E-state index contributed by atoms with van der Waals surface area (Å²) >= 11 is 0. The molecular weight excluding hydrogens is 136 g/mol. The number of anilines is 1. The van der Waals surface area contributed by atoms with Crippen molar-refractivity contribution >= 4 is 5.69 Å². The average Bonchev–Trinajstić information content (AvgIpc) is 1.90. The molecule has 1 atom stereocenters. The third-order valence-corrected chi connectivity index (χ3v) is 2.20. The van der Waals surface area contributed by atoms with E-state index >= 15 is 0 Å². The molecule has 11 heavy (non-hydrogen) atoms. The monoisotopic (exact) mass is 148 g/mol. The van der Waals surface area contributed by atoms with Gasteiger partial charge in [-0.1, -0.05) is 18.2 Å². The van der Waals surface area contributed by atoms with Crippen LogP contribution in [-0.2, 0) is 0 Å². The van der Waals surface area contributed by atoms with E-state index in [1.54, 1.807) is 0 Å². The maximum atomic E-state index is 5.79. The molecule has 1 aromatic rings. The van der Waals surface area contributed by atoms with Crippen molar-refractivity contribution < 1.29 is 0 Å². The Bertz CT molecular complexity index is 253. The van der Waals surface area contributed by atoms with Crippen molar-refractivity contribution in [2.24, 2.45) is 0 Å². The second-order valence-electron chi connectivity index (χ2n) is 2.92. The molecule has 1 aromatic carbocycles. The van der Waals surface area contributed by atoms with Gasteiger partial charge < -0.3 is 11.1 Å². The zero-order chi connectivity index (χ0) is 7.68. The fourth-order valence-corrected chi connectivity index (χ4v) is 1.38. The molecule has 1 unspecified atom stereocenters. The smallest absolute Gasteiger partial charge is 0.0362 e. The summed E-state index contributed by atoms with van der Waals surface area (Å²) in [6.45, 7) is 1.12. The first-order valence-electron chi connectivity index (χ1n) is 3.96. The molecule has 3 N–H and O–H groups in total. The van der Waals surface area contributed by atoms with Crippen molar-refractivity contribution in [3.8, 4) is 0 Å². The van der Waals surface area contributed by atoms with E-state index in [0.717, 1.165) is 12.2 Å². The molecule has 2 rings (SSSR count). The third kappa shape index (κ3) is 1.10. The number of rotatable bonds is 1. The minimum Gasteiger partial charge on any atom is -0.398 e. The first-order valence-corrected chi connectivity index (χ1v) is 3.96. The van der Waals surface area contributed by atoms with Crippen molar-refractivity contribution in [3.63, 3.8) is 0 Å². The number of hydrogen-bond acceptors (Lipinski definition) is 2. The van der Waals surface area contributed by atoms with Crippen molar-refractivity contribution in [1.29, 1.82) is 0 Å². The van der Waals surface area contributed by atoms with Crippen LogP contribution in [0.5, 0.6) is 0 Å². The van der Waals surface area contributed by atoms with Gasteiger partial charge in [0.05, 0.1) is 0 Å². The predicted octanol–water partition coefficient (Wildman–Crippen LogP) is 1.30. The Labute approximate surface area is 66.4 Å². The first kappa shape index (κ1) is 6.68. The quantitative estimate of drug-likeness (QED) is 0.589. The van der Waals surface area contributed by atoms with Crippen LogP contribution in [0, 0.1) is 0 Å². The highest BCUT2D eigenvalue weighted by atomic mass is 15.0. The lowest BCUT2D eigenvalue weighted by Gasteiger charge is -2.28. The van der Waals surface area contributed by atoms with Crippen molar-refractivity contribution in [2.75, 3.05) is 12.3 Å². The Morgan fingerprint density at radius 3 is 2.64 bits per heavy atom. The molecule has 0 aromatic heterocycles. The van der Waals surface area contributed by atoms with Crippen LogP contribution >= 0.6 is 0 Å². The molecule has 0 aliphatic carbocycles. The summed E-state index contributed by atoms with van der Waals surface area (Å²) < 4.78 is 0. The SMILES string of the molecule is Nc1ccccc1C1CCN1. The van der Waals surface area contributed by atoms with Crippen LogP contribution in [0.15, 0.2) is 24.3 Å². The summed E-state index contributed by atoms with van der Waals surface area (Å²) in [6, 6.07) is 8.56. The van der Waals surface area contributed by atoms with E-state index in [1.807, 2.05) is 18.2 Å². The molecule has 1 fully saturated rings. The lowest BCUT2D eigenvalue weighted by Crippen LogP contribution is -2.35. The average molecular weight is 148 g/mol. The van der Waals surface area contributed by atoms with Crippen LogP contribution in [-0.4, -0.2) is 6.54 Å². The van der Waals surface area contributed by atoms with Gasteiger partial charge in [-0.2, -0.15) is 0 Å². The number of benzene rings is 1. The van der Waals surface area contributed by atoms with Crippen LogP contribution in [0.1, 0.15) is 18.0 Å². The lowest BCUT2D eigenvalue weighted by atomic mass is 9.97. The second-order valence-corrected chi connectivity index (χ2v) is 2.92. The largest absolute Gasteiger partial charge is 0.398 e. The molecule has 1 aliphatic heterocycles. The van der Waals surface area contributed by atoms with Crippen molar-refractivity contribution in [3.05, 3.63) is 29.8 Å². The maximum absolute atomic E-state index is 5.79. The standard InChI is InChI=1S/C9H12N2/c10-8-4-2-1-3-7(8)9-5-6-11-9/h1-4,9,11H,5-6,10H2. The molecule has 0 bridgehead atoms. The van der Waals surface area contributed by atoms with E-state index in [1.165, 1.54) is 12.0 Å². The van der Waals surface area contributed by atoms with Crippen molar-refractivity contribution in [2.45, 2.75) is 12.5 Å². The number of hydrogen-bond donors (Lipinski definition) is 2. The van der Waals surface area contributed by atoms with E-state index in [0.29, 0.717) is 6.04 Å². The van der Waals surface area contributed by atoms with Gasteiger partial charge in [0.1, 0.15) is 0 Å². The summed E-state index contributed by atoms with van der Waals surface area (Å²) in [4.78, 5) is 0. The van der Waals surface area contributed by atoms with E-state index in [-0.39, 0.29) is 0 Å². The number of nitrogens with two attached hydrogens (primary N) is 1. The Kier molecular flexibility index (Phi) is 1.55. The fraction of sp³-hybridized carbons (Fsp3) is 0.333. The molecule has 0 radical (unpaired) electrons. The van der Waals surface area contributed by atoms with E-state index in [2.05, 4.69) is 11.4 Å². The molecule has 1 saturated heterocycles. The van der Waals surface area contributed by atoms with Crippen molar-refractivity contribution in [1.82, 2.24) is 5.32 Å². The van der Waals surface area contributed by atoms with Crippen LogP contribution in [0.2, 0.25) is 0 Å². The van der Waals surface area contributed by atoms with E-state index < -0.39 is 0 Å². The minimum absolute atomic E-state index is 0.510. The number of nitrogen functional groups attached to an aromatic ring is 1. The van der Waals surface area contributed by atoms with Gasteiger partial charge in [0.25, 0.3) is 0 Å². The summed E-state index contributed by atoms with van der Waals surface area (Å²) in [6.07, 6.45) is 1.22. The Morgan fingerprint density at radius 1 is 1.36 bits per heavy atom. The summed E-state index contributed by atoms with van der Waals surface area (Å²) in [5, 5.41) is 3.32. The highest BCUT2D eigenvalue weighted by Crippen LogP contribution is 2.26. The van der Waals surface area contributed by atoms with Crippen LogP contribution in [0.25, 0.3) is 0 Å². The molecule has 0 amide bonds. The van der Waals surface area contributed by atoms with Gasteiger partial charge in [-0.25, -0.2) is 0 Å². The molecule has 2 nitrogen and oxygen atoms in total. The number of nitrogens with one attached hydrogen (secondary N) is 1. The molecule has 2 heteroatoms. The topological polar surface area (TPSA) is 38.0 Å². The highest BCUT2D eigenvalue weighted by Gasteiger charge is 2.19. The Balaban J connectivity index is 2.28. The minimum atomic E-state index is 0.510. The summed E-state index contributed by atoms with van der Waals surface area (Å²) in [5.74, 6) is 0. The van der Waals surface area contributed by atoms with Gasteiger partial charge in [-0.3, -0.25) is 0 Å². The fourth-order valence-electron chi connectivity index (χ4n) is 1.38. The van der Waals surface area contributed by atoms with Crippen LogP contribution in [0.3, 0.4) is 0 Å². The highest BCUT2D eigenvalue weighted by molar-refractivity contribution is 5.48. The maximum Gasteiger partial charge on any atom is 0.0362 e. The zero-order valence-corrected chi connectivity index (χ0v) is 6.38. The van der Waals surface area contributed by atoms with E-state index in [9.17, 15) is 0 Å². The van der Waals surface area contributed by atoms with Crippen LogP contribution < -0.4 is 11.1 Å². The van der Waals surface area contributed by atoms with Gasteiger partial charge in [-0.15, -0.1) is 0 Å². The lowest BCUT2D eigenvalue weighted by molar-refractivity contribution is 0.384. The normalized spacial score (nSPS) is 22.7. The van der Waals surface area contributed by atoms with Gasteiger partial charge in [0.15, 0.2) is 0 Å². The Hall–Kier alpha value is -1.02. The number of para-hydroxylation sites is 1. The first-order chi connectivity index (χ1) is 5.38. The zero-order valence-electron chi connectivity index (χ0n) is 6.38. The van der Waals surface area contributed by atoms with Gasteiger partial charge in [-0.05, 0) is 24.6 Å². The third-order valence-electron chi connectivity index (χ3n) is 2.20. The molecule has 0 spiro atoms. The molecule has 1 heterocycles. The van der Waals surface area contributed by atoms with Gasteiger partial charge in [0.2, 0.25) is 0 Å². The van der Waals surface area contributed by atoms with Gasteiger partial charge >= 0.3 is 0 Å². The predicted molar refractivity (Wildman–Crippen MR) is 46.2 cm³/mol. The molecule has 1 aliphatic rings. The van der Waals surface area contributed by atoms with E-state index in [4.69, 9.17) is 5.73 Å². The molecule has 0 saturated carbocycles. The van der Waals surface area contributed by atoms with Gasteiger partial charge in [0, 0.05) is 11.7 Å².